The minimum atomic E-state index is -0.550. The van der Waals surface area contributed by atoms with Crippen LogP contribution in [0.15, 0.2) is 4.52 Å². The summed E-state index contributed by atoms with van der Waals surface area (Å²) < 4.78 is 5.01. The fourth-order valence-corrected chi connectivity index (χ4v) is 2.38. The lowest BCUT2D eigenvalue weighted by Gasteiger charge is -2.26. The van der Waals surface area contributed by atoms with Crippen LogP contribution in [-0.4, -0.2) is 27.4 Å². The highest BCUT2D eigenvalue weighted by Crippen LogP contribution is 2.26. The number of aliphatic hydroxyl groups is 1. The van der Waals surface area contributed by atoms with Crippen LogP contribution in [0, 0.1) is 6.92 Å². The van der Waals surface area contributed by atoms with Gasteiger partial charge in [0.1, 0.15) is 0 Å². The Morgan fingerprint density at radius 1 is 1.29 bits per heavy atom. The predicted octanol–water partition coefficient (Wildman–Crippen LogP) is 1.55. The second-order valence-electron chi connectivity index (χ2n) is 4.98. The lowest BCUT2D eigenvalue weighted by Crippen LogP contribution is -2.39. The largest absolute Gasteiger partial charge is 0.389 e. The number of rotatable bonds is 4. The van der Waals surface area contributed by atoms with Crippen molar-refractivity contribution in [2.24, 2.45) is 0 Å². The zero-order chi connectivity index (χ0) is 12.1. The average molecular weight is 239 g/mol. The SMILES string of the molecule is Cc1noc(CNCC2(O)CCCCCC2)n1. The van der Waals surface area contributed by atoms with Crippen LogP contribution >= 0.6 is 0 Å². The molecule has 96 valence electrons. The summed E-state index contributed by atoms with van der Waals surface area (Å²) in [5.74, 6) is 1.23. The highest BCUT2D eigenvalue weighted by Gasteiger charge is 2.27. The summed E-state index contributed by atoms with van der Waals surface area (Å²) in [7, 11) is 0. The van der Waals surface area contributed by atoms with Gasteiger partial charge in [0.25, 0.3) is 0 Å². The van der Waals surface area contributed by atoms with E-state index in [9.17, 15) is 5.11 Å². The zero-order valence-corrected chi connectivity index (χ0v) is 10.4. The molecule has 2 N–H and O–H groups in total. The highest BCUT2D eigenvalue weighted by molar-refractivity contribution is 4.86. The van der Waals surface area contributed by atoms with Gasteiger partial charge in [-0.3, -0.25) is 0 Å². The van der Waals surface area contributed by atoms with E-state index in [4.69, 9.17) is 4.52 Å². The Kier molecular flexibility index (Phi) is 4.12. The molecular weight excluding hydrogens is 218 g/mol. The molecule has 1 fully saturated rings. The molecule has 0 aliphatic heterocycles. The monoisotopic (exact) mass is 239 g/mol. The molecule has 1 aromatic rings. The van der Waals surface area contributed by atoms with Crippen molar-refractivity contribution in [3.63, 3.8) is 0 Å². The van der Waals surface area contributed by atoms with Crippen LogP contribution in [0.4, 0.5) is 0 Å². The number of aromatic nitrogens is 2. The molecule has 0 saturated heterocycles. The molecule has 5 heteroatoms. The molecule has 0 aromatic carbocycles. The number of aryl methyl sites for hydroxylation is 1. The summed E-state index contributed by atoms with van der Waals surface area (Å²) >= 11 is 0. The van der Waals surface area contributed by atoms with Crippen molar-refractivity contribution < 1.29 is 9.63 Å². The Balaban J connectivity index is 1.76. The molecule has 0 amide bonds. The number of hydrogen-bond acceptors (Lipinski definition) is 5. The Hall–Kier alpha value is -0.940. The van der Waals surface area contributed by atoms with Crippen LogP contribution in [0.1, 0.15) is 50.2 Å². The van der Waals surface area contributed by atoms with Crippen molar-refractivity contribution in [1.29, 1.82) is 0 Å². The summed E-state index contributed by atoms with van der Waals surface area (Å²) in [6, 6.07) is 0. The first-order chi connectivity index (χ1) is 8.18. The molecule has 1 aliphatic rings. The standard InChI is InChI=1S/C12H21N3O2/c1-10-14-11(17-15-10)8-13-9-12(16)6-4-2-3-5-7-12/h13,16H,2-9H2,1H3. The van der Waals surface area contributed by atoms with Crippen molar-refractivity contribution in [2.75, 3.05) is 6.54 Å². The van der Waals surface area contributed by atoms with Crippen LogP contribution in [0.25, 0.3) is 0 Å². The third-order valence-electron chi connectivity index (χ3n) is 3.33. The first-order valence-corrected chi connectivity index (χ1v) is 6.40. The van der Waals surface area contributed by atoms with Crippen LogP contribution in [0.3, 0.4) is 0 Å². The first-order valence-electron chi connectivity index (χ1n) is 6.40. The van der Waals surface area contributed by atoms with Gasteiger partial charge in [0.2, 0.25) is 5.89 Å². The van der Waals surface area contributed by atoms with Crippen molar-refractivity contribution in [3.8, 4) is 0 Å². The van der Waals surface area contributed by atoms with Gasteiger partial charge < -0.3 is 14.9 Å². The molecule has 0 radical (unpaired) electrons. The van der Waals surface area contributed by atoms with Crippen LogP contribution in [0.2, 0.25) is 0 Å². The van der Waals surface area contributed by atoms with Crippen molar-refractivity contribution in [3.05, 3.63) is 11.7 Å². The molecule has 1 aromatic heterocycles. The Bertz CT molecular complexity index is 343. The van der Waals surface area contributed by atoms with Gasteiger partial charge in [0.15, 0.2) is 5.82 Å². The molecular formula is C12H21N3O2. The molecule has 1 aliphatic carbocycles. The second kappa shape index (κ2) is 5.60. The van der Waals surface area contributed by atoms with E-state index in [0.717, 1.165) is 25.7 Å². The van der Waals surface area contributed by atoms with Gasteiger partial charge in [-0.1, -0.05) is 30.8 Å². The van der Waals surface area contributed by atoms with E-state index < -0.39 is 5.60 Å². The van der Waals surface area contributed by atoms with Gasteiger partial charge in [-0.05, 0) is 19.8 Å². The maximum atomic E-state index is 10.4. The fourth-order valence-electron chi connectivity index (χ4n) is 2.38. The van der Waals surface area contributed by atoms with Crippen molar-refractivity contribution >= 4 is 0 Å². The van der Waals surface area contributed by atoms with Crippen molar-refractivity contribution in [1.82, 2.24) is 15.5 Å². The molecule has 0 spiro atoms. The Labute approximate surface area is 102 Å². The van der Waals surface area contributed by atoms with Gasteiger partial charge in [0, 0.05) is 6.54 Å². The Morgan fingerprint density at radius 3 is 2.59 bits per heavy atom. The third-order valence-corrected chi connectivity index (χ3v) is 3.33. The third kappa shape index (κ3) is 3.78. The molecule has 17 heavy (non-hydrogen) atoms. The molecule has 1 heterocycles. The summed E-state index contributed by atoms with van der Waals surface area (Å²) in [5, 5.41) is 17.3. The normalized spacial score (nSPS) is 20.1. The molecule has 0 unspecified atom stereocenters. The average Bonchev–Trinajstić information content (AvgIpc) is 2.58. The van der Waals surface area contributed by atoms with E-state index in [1.807, 2.05) is 0 Å². The van der Waals surface area contributed by atoms with E-state index in [-0.39, 0.29) is 0 Å². The van der Waals surface area contributed by atoms with E-state index in [2.05, 4.69) is 15.5 Å². The van der Waals surface area contributed by atoms with E-state index in [0.29, 0.717) is 24.8 Å². The summed E-state index contributed by atoms with van der Waals surface area (Å²) in [5.41, 5.74) is -0.550. The predicted molar refractivity (Wildman–Crippen MR) is 63.4 cm³/mol. The van der Waals surface area contributed by atoms with Crippen molar-refractivity contribution in [2.45, 2.75) is 57.6 Å². The summed E-state index contributed by atoms with van der Waals surface area (Å²) in [6.45, 7) is 2.93. The molecule has 0 bridgehead atoms. The van der Waals surface area contributed by atoms with Crippen LogP contribution in [0.5, 0.6) is 0 Å². The lowest BCUT2D eigenvalue weighted by molar-refractivity contribution is 0.0245. The number of hydrogen-bond donors (Lipinski definition) is 2. The van der Waals surface area contributed by atoms with Gasteiger partial charge in [0.05, 0.1) is 12.1 Å². The minimum Gasteiger partial charge on any atom is -0.389 e. The molecule has 0 atom stereocenters. The van der Waals surface area contributed by atoms with Gasteiger partial charge >= 0.3 is 0 Å². The van der Waals surface area contributed by atoms with Gasteiger partial charge in [-0.25, -0.2) is 0 Å². The fraction of sp³-hybridized carbons (Fsp3) is 0.833. The summed E-state index contributed by atoms with van der Waals surface area (Å²) in [4.78, 5) is 4.11. The van der Waals surface area contributed by atoms with E-state index in [1.165, 1.54) is 12.8 Å². The lowest BCUT2D eigenvalue weighted by atomic mass is 9.94. The van der Waals surface area contributed by atoms with E-state index in [1.54, 1.807) is 6.92 Å². The van der Waals surface area contributed by atoms with Gasteiger partial charge in [-0.15, -0.1) is 0 Å². The second-order valence-corrected chi connectivity index (χ2v) is 4.98. The number of nitrogens with one attached hydrogen (secondary N) is 1. The first kappa shape index (κ1) is 12.5. The molecule has 2 rings (SSSR count). The zero-order valence-electron chi connectivity index (χ0n) is 10.4. The summed E-state index contributed by atoms with van der Waals surface area (Å²) in [6.07, 6.45) is 6.51. The van der Waals surface area contributed by atoms with Crippen LogP contribution < -0.4 is 5.32 Å². The maximum Gasteiger partial charge on any atom is 0.240 e. The Morgan fingerprint density at radius 2 is 2.00 bits per heavy atom. The maximum absolute atomic E-state index is 10.4. The minimum absolute atomic E-state index is 0.531. The van der Waals surface area contributed by atoms with Crippen LogP contribution in [-0.2, 0) is 6.54 Å². The quantitative estimate of drug-likeness (QED) is 0.780. The number of nitrogens with zero attached hydrogens (tertiary/aromatic N) is 2. The smallest absolute Gasteiger partial charge is 0.240 e. The highest BCUT2D eigenvalue weighted by atomic mass is 16.5. The van der Waals surface area contributed by atoms with Gasteiger partial charge in [-0.2, -0.15) is 4.98 Å². The molecule has 1 saturated carbocycles. The molecule has 5 nitrogen and oxygen atoms in total. The van der Waals surface area contributed by atoms with E-state index >= 15 is 0 Å². The topological polar surface area (TPSA) is 71.2 Å².